The number of hydrogen-bond donors (Lipinski definition) is 2. The molecule has 10 heteroatoms. The molecule has 21 heavy (non-hydrogen) atoms. The maximum Gasteiger partial charge on any atom is 0.289 e. The number of aromatic nitrogens is 1. The molecule has 8 nitrogen and oxygen atoms in total. The first-order valence-electron chi connectivity index (χ1n) is 5.74. The van der Waals surface area contributed by atoms with Crippen molar-refractivity contribution < 1.29 is 13.3 Å². The summed E-state index contributed by atoms with van der Waals surface area (Å²) in [5.74, 6) is 0. The van der Waals surface area contributed by atoms with E-state index in [2.05, 4.69) is 9.71 Å². The van der Waals surface area contributed by atoms with Crippen LogP contribution in [0.5, 0.6) is 0 Å². The molecule has 1 aromatic heterocycles. The minimum absolute atomic E-state index is 0.0349. The summed E-state index contributed by atoms with van der Waals surface area (Å²) in [5.41, 5.74) is 5.12. The lowest BCUT2D eigenvalue weighted by molar-refractivity contribution is -0.387. The number of nitro groups is 1. The fraction of sp³-hybridized carbons (Fsp3) is 0.182. The van der Waals surface area contributed by atoms with E-state index in [1.165, 1.54) is 17.4 Å². The number of thiazole rings is 1. The molecule has 0 saturated carbocycles. The van der Waals surface area contributed by atoms with Crippen molar-refractivity contribution in [3.05, 3.63) is 44.4 Å². The van der Waals surface area contributed by atoms with Crippen molar-refractivity contribution >= 4 is 32.7 Å². The van der Waals surface area contributed by atoms with Crippen LogP contribution in [0.2, 0.25) is 0 Å². The summed E-state index contributed by atoms with van der Waals surface area (Å²) in [6.45, 7) is 1.81. The minimum atomic E-state index is -4.05. The maximum absolute atomic E-state index is 12.2. The van der Waals surface area contributed by atoms with Gasteiger partial charge in [0.1, 0.15) is 5.01 Å². The molecule has 0 bridgehead atoms. The van der Waals surface area contributed by atoms with Crippen LogP contribution in [0.1, 0.15) is 9.88 Å². The molecular formula is C11H12N4O4S2. The number of rotatable bonds is 5. The van der Waals surface area contributed by atoms with Gasteiger partial charge in [0.2, 0.25) is 10.0 Å². The average molecular weight is 328 g/mol. The molecule has 1 heterocycles. The maximum atomic E-state index is 12.2. The van der Waals surface area contributed by atoms with E-state index in [4.69, 9.17) is 5.73 Å². The van der Waals surface area contributed by atoms with E-state index in [-0.39, 0.29) is 12.2 Å². The highest BCUT2D eigenvalue weighted by Gasteiger charge is 2.26. The Labute approximate surface area is 124 Å². The van der Waals surface area contributed by atoms with Gasteiger partial charge in [0.05, 0.1) is 11.5 Å². The van der Waals surface area contributed by atoms with Crippen LogP contribution in [-0.2, 0) is 16.6 Å². The Balaban J connectivity index is 2.31. The van der Waals surface area contributed by atoms with Crippen LogP contribution in [0.25, 0.3) is 0 Å². The molecule has 2 aromatic rings. The highest BCUT2D eigenvalue weighted by atomic mass is 32.2. The monoisotopic (exact) mass is 328 g/mol. The van der Waals surface area contributed by atoms with Crippen LogP contribution >= 0.6 is 11.3 Å². The number of hydrogen-bond acceptors (Lipinski definition) is 7. The Morgan fingerprint density at radius 3 is 2.76 bits per heavy atom. The number of anilines is 1. The average Bonchev–Trinajstić information content (AvgIpc) is 2.82. The molecule has 0 spiro atoms. The van der Waals surface area contributed by atoms with Gasteiger partial charge in [0, 0.05) is 22.8 Å². The van der Waals surface area contributed by atoms with Gasteiger partial charge in [-0.25, -0.2) is 18.1 Å². The molecule has 0 radical (unpaired) electrons. The predicted molar refractivity (Wildman–Crippen MR) is 78.4 cm³/mol. The Morgan fingerprint density at radius 2 is 2.19 bits per heavy atom. The number of sulfonamides is 1. The van der Waals surface area contributed by atoms with Gasteiger partial charge in [-0.2, -0.15) is 0 Å². The quantitative estimate of drug-likeness (QED) is 0.485. The lowest BCUT2D eigenvalue weighted by Gasteiger charge is -2.06. The Hall–Kier alpha value is -2.04. The van der Waals surface area contributed by atoms with Crippen molar-refractivity contribution in [2.45, 2.75) is 18.4 Å². The molecule has 0 atom stereocenters. The van der Waals surface area contributed by atoms with Gasteiger partial charge < -0.3 is 5.73 Å². The largest absolute Gasteiger partial charge is 0.399 e. The molecule has 0 aliphatic heterocycles. The van der Waals surface area contributed by atoms with Gasteiger partial charge in [-0.05, 0) is 19.1 Å². The number of nitro benzene ring substituents is 1. The predicted octanol–water partition coefficient (Wildman–Crippen LogP) is 1.42. The molecule has 0 fully saturated rings. The van der Waals surface area contributed by atoms with Crippen LogP contribution in [-0.4, -0.2) is 18.3 Å². The van der Waals surface area contributed by atoms with Gasteiger partial charge in [-0.1, -0.05) is 0 Å². The van der Waals surface area contributed by atoms with Gasteiger partial charge >= 0.3 is 0 Å². The normalized spacial score (nSPS) is 11.5. The lowest BCUT2D eigenvalue weighted by atomic mass is 10.3. The number of aryl methyl sites for hydroxylation is 1. The first kappa shape index (κ1) is 15.4. The van der Waals surface area contributed by atoms with Crippen LogP contribution < -0.4 is 10.5 Å². The first-order valence-corrected chi connectivity index (χ1v) is 8.04. The second kappa shape index (κ2) is 5.76. The molecular weight excluding hydrogens is 316 g/mol. The van der Waals surface area contributed by atoms with Gasteiger partial charge in [0.15, 0.2) is 4.90 Å². The van der Waals surface area contributed by atoms with Crippen LogP contribution in [0, 0.1) is 17.0 Å². The zero-order valence-electron chi connectivity index (χ0n) is 10.9. The molecule has 3 N–H and O–H groups in total. The van der Waals surface area contributed by atoms with E-state index in [1.54, 1.807) is 6.20 Å². The number of nitrogens with zero attached hydrogens (tertiary/aromatic N) is 2. The van der Waals surface area contributed by atoms with Crippen LogP contribution in [0.4, 0.5) is 11.4 Å². The Morgan fingerprint density at radius 1 is 1.48 bits per heavy atom. The summed E-state index contributed by atoms with van der Waals surface area (Å²) in [5, 5.41) is 11.5. The number of benzene rings is 1. The number of nitrogen functional groups attached to an aromatic ring is 1. The van der Waals surface area contributed by atoms with Crippen molar-refractivity contribution in [2.75, 3.05) is 5.73 Å². The van der Waals surface area contributed by atoms with Gasteiger partial charge in [-0.3, -0.25) is 10.1 Å². The van der Waals surface area contributed by atoms with Crippen LogP contribution in [0.3, 0.4) is 0 Å². The molecule has 0 amide bonds. The van der Waals surface area contributed by atoms with Gasteiger partial charge in [0.25, 0.3) is 5.69 Å². The third kappa shape index (κ3) is 3.54. The molecule has 1 aromatic carbocycles. The highest BCUT2D eigenvalue weighted by Crippen LogP contribution is 2.26. The smallest absolute Gasteiger partial charge is 0.289 e. The van der Waals surface area contributed by atoms with E-state index < -0.39 is 25.5 Å². The fourth-order valence-corrected chi connectivity index (χ4v) is 3.62. The standard InChI is InChI=1S/C11H12N4O4S2/c1-7-5-13-11(20-7)6-14-21(18,19)10-4-8(12)2-3-9(10)15(16)17/h2-5,14H,6,12H2,1H3. The molecule has 2 rings (SSSR count). The van der Waals surface area contributed by atoms with Crippen molar-refractivity contribution in [1.29, 1.82) is 0 Å². The van der Waals surface area contributed by atoms with Gasteiger partial charge in [-0.15, -0.1) is 11.3 Å². The molecule has 112 valence electrons. The number of nitrogens with two attached hydrogens (primary N) is 1. The third-order valence-corrected chi connectivity index (χ3v) is 4.90. The third-order valence-electron chi connectivity index (χ3n) is 2.55. The minimum Gasteiger partial charge on any atom is -0.399 e. The summed E-state index contributed by atoms with van der Waals surface area (Å²) in [6, 6.07) is 3.41. The molecule has 0 saturated heterocycles. The van der Waals surface area contributed by atoms with E-state index in [0.29, 0.717) is 5.01 Å². The second-order valence-electron chi connectivity index (χ2n) is 4.17. The summed E-state index contributed by atoms with van der Waals surface area (Å²) in [4.78, 5) is 14.7. The van der Waals surface area contributed by atoms with Crippen molar-refractivity contribution in [3.63, 3.8) is 0 Å². The van der Waals surface area contributed by atoms with E-state index in [9.17, 15) is 18.5 Å². The Bertz CT molecular complexity index is 785. The zero-order valence-corrected chi connectivity index (χ0v) is 12.6. The number of nitrogens with one attached hydrogen (secondary N) is 1. The SMILES string of the molecule is Cc1cnc(CNS(=O)(=O)c2cc(N)ccc2[N+](=O)[O-])s1. The summed E-state index contributed by atoms with van der Waals surface area (Å²) < 4.78 is 26.7. The van der Waals surface area contributed by atoms with E-state index in [1.807, 2.05) is 6.92 Å². The van der Waals surface area contributed by atoms with Crippen molar-refractivity contribution in [3.8, 4) is 0 Å². The molecule has 0 aliphatic rings. The second-order valence-corrected chi connectivity index (χ2v) is 7.23. The fourth-order valence-electron chi connectivity index (χ4n) is 1.61. The zero-order chi connectivity index (χ0) is 15.6. The summed E-state index contributed by atoms with van der Waals surface area (Å²) in [7, 11) is -4.05. The Kier molecular flexibility index (Phi) is 4.21. The summed E-state index contributed by atoms with van der Waals surface area (Å²) >= 11 is 1.34. The molecule has 0 aliphatic carbocycles. The van der Waals surface area contributed by atoms with Crippen LogP contribution in [0.15, 0.2) is 29.3 Å². The highest BCUT2D eigenvalue weighted by molar-refractivity contribution is 7.89. The lowest BCUT2D eigenvalue weighted by Crippen LogP contribution is -2.24. The van der Waals surface area contributed by atoms with Crippen molar-refractivity contribution in [2.24, 2.45) is 0 Å². The van der Waals surface area contributed by atoms with E-state index >= 15 is 0 Å². The van der Waals surface area contributed by atoms with E-state index in [0.717, 1.165) is 17.0 Å². The van der Waals surface area contributed by atoms with Crippen molar-refractivity contribution in [1.82, 2.24) is 9.71 Å². The first-order chi connectivity index (χ1) is 9.79. The summed E-state index contributed by atoms with van der Waals surface area (Å²) in [6.07, 6.45) is 1.62. The molecule has 0 unspecified atom stereocenters. The topological polar surface area (TPSA) is 128 Å².